The summed E-state index contributed by atoms with van der Waals surface area (Å²) in [5.74, 6) is -1.23. The van der Waals surface area contributed by atoms with E-state index in [9.17, 15) is 9.18 Å². The van der Waals surface area contributed by atoms with Crippen LogP contribution in [0.1, 0.15) is 42.9 Å². The van der Waals surface area contributed by atoms with Gasteiger partial charge in [0.05, 0.1) is 12.0 Å². The number of nitrogens with one attached hydrogen (secondary N) is 1. The number of hydrogen-bond donors (Lipinski definition) is 2. The Kier molecular flexibility index (Phi) is 5.71. The van der Waals surface area contributed by atoms with Crippen LogP contribution in [0.2, 0.25) is 5.02 Å². The van der Waals surface area contributed by atoms with Crippen molar-refractivity contribution < 1.29 is 14.3 Å². The second-order valence-electron chi connectivity index (χ2n) is 6.56. The molecule has 5 heteroatoms. The van der Waals surface area contributed by atoms with Gasteiger partial charge in [-0.1, -0.05) is 41.9 Å². The van der Waals surface area contributed by atoms with Gasteiger partial charge in [-0.25, -0.2) is 4.39 Å². The number of aliphatic carboxylic acids is 1. The first kappa shape index (κ1) is 17.9. The number of benzene rings is 2. The van der Waals surface area contributed by atoms with E-state index in [2.05, 4.69) is 5.32 Å². The summed E-state index contributed by atoms with van der Waals surface area (Å²) in [6.45, 7) is 0. The van der Waals surface area contributed by atoms with Gasteiger partial charge >= 0.3 is 5.97 Å². The van der Waals surface area contributed by atoms with Crippen LogP contribution < -0.4 is 5.32 Å². The number of carbonyl (C=O) groups is 1. The van der Waals surface area contributed by atoms with E-state index in [1.54, 1.807) is 12.1 Å². The van der Waals surface area contributed by atoms with Crippen LogP contribution in [-0.4, -0.2) is 17.1 Å². The largest absolute Gasteiger partial charge is 0.481 e. The number of rotatable bonds is 5. The predicted octanol–water partition coefficient (Wildman–Crippen LogP) is 4.80. The fourth-order valence-electron chi connectivity index (χ4n) is 3.47. The zero-order valence-corrected chi connectivity index (χ0v) is 14.5. The summed E-state index contributed by atoms with van der Waals surface area (Å²) in [5.41, 5.74) is 1.88. The highest BCUT2D eigenvalue weighted by Crippen LogP contribution is 2.32. The molecule has 0 bridgehead atoms. The average molecular weight is 362 g/mol. The number of hydrogen-bond acceptors (Lipinski definition) is 2. The Morgan fingerprint density at radius 1 is 1.08 bits per heavy atom. The van der Waals surface area contributed by atoms with E-state index in [4.69, 9.17) is 16.7 Å². The topological polar surface area (TPSA) is 49.3 Å². The normalized spacial score (nSPS) is 21.7. The van der Waals surface area contributed by atoms with Gasteiger partial charge in [-0.2, -0.15) is 0 Å². The summed E-state index contributed by atoms with van der Waals surface area (Å²) in [7, 11) is 0. The summed E-state index contributed by atoms with van der Waals surface area (Å²) in [4.78, 5) is 11.1. The zero-order chi connectivity index (χ0) is 17.8. The lowest BCUT2D eigenvalue weighted by Gasteiger charge is -2.31. The molecule has 1 saturated carbocycles. The van der Waals surface area contributed by atoms with E-state index in [-0.39, 0.29) is 23.8 Å². The second kappa shape index (κ2) is 7.98. The standard InChI is InChI=1S/C20H21ClFNO2/c21-18-4-2-1-3-17(18)19(13-5-9-15(22)10-6-13)23-16-11-7-14(8-12-16)20(24)25/h1-6,9-10,14,16,19,23H,7-8,11-12H2,(H,24,25). The Morgan fingerprint density at radius 3 is 2.32 bits per heavy atom. The molecule has 0 spiro atoms. The SMILES string of the molecule is O=C(O)C1CCC(NC(c2ccc(F)cc2)c2ccccc2Cl)CC1. The first-order valence-electron chi connectivity index (χ1n) is 8.53. The molecule has 1 aliphatic rings. The third kappa shape index (κ3) is 4.39. The highest BCUT2D eigenvalue weighted by atomic mass is 35.5. The van der Waals surface area contributed by atoms with E-state index < -0.39 is 5.97 Å². The average Bonchev–Trinajstić information content (AvgIpc) is 2.62. The molecule has 0 amide bonds. The van der Waals surface area contributed by atoms with Gasteiger partial charge in [-0.15, -0.1) is 0 Å². The molecule has 3 nitrogen and oxygen atoms in total. The monoisotopic (exact) mass is 361 g/mol. The van der Waals surface area contributed by atoms with Crippen molar-refractivity contribution in [2.24, 2.45) is 5.92 Å². The van der Waals surface area contributed by atoms with Gasteiger partial charge in [-0.05, 0) is 55.0 Å². The maximum Gasteiger partial charge on any atom is 0.306 e. The Hall–Kier alpha value is -1.91. The molecular formula is C20H21ClFNO2. The van der Waals surface area contributed by atoms with Crippen LogP contribution in [0.25, 0.3) is 0 Å². The van der Waals surface area contributed by atoms with Crippen LogP contribution in [0.4, 0.5) is 4.39 Å². The van der Waals surface area contributed by atoms with Gasteiger partial charge in [0.15, 0.2) is 0 Å². The lowest BCUT2D eigenvalue weighted by atomic mass is 9.85. The first-order chi connectivity index (χ1) is 12.0. The van der Waals surface area contributed by atoms with Gasteiger partial charge in [0.1, 0.15) is 5.82 Å². The fourth-order valence-corrected chi connectivity index (χ4v) is 3.72. The molecule has 1 fully saturated rings. The quantitative estimate of drug-likeness (QED) is 0.804. The summed E-state index contributed by atoms with van der Waals surface area (Å²) < 4.78 is 13.3. The lowest BCUT2D eigenvalue weighted by molar-refractivity contribution is -0.142. The van der Waals surface area contributed by atoms with Gasteiger partial charge in [-0.3, -0.25) is 4.79 Å². The summed E-state index contributed by atoms with van der Waals surface area (Å²) in [5, 5.41) is 13.4. The Balaban J connectivity index is 1.81. The van der Waals surface area contributed by atoms with Crippen molar-refractivity contribution in [1.82, 2.24) is 5.32 Å². The van der Waals surface area contributed by atoms with E-state index >= 15 is 0 Å². The van der Waals surface area contributed by atoms with Crippen LogP contribution in [0.15, 0.2) is 48.5 Å². The predicted molar refractivity (Wildman–Crippen MR) is 96.2 cm³/mol. The smallest absolute Gasteiger partial charge is 0.306 e. The molecule has 3 rings (SSSR count). The molecule has 0 aromatic heterocycles. The van der Waals surface area contributed by atoms with Crippen molar-refractivity contribution in [3.63, 3.8) is 0 Å². The molecule has 2 aromatic carbocycles. The molecule has 0 radical (unpaired) electrons. The maximum absolute atomic E-state index is 13.3. The van der Waals surface area contributed by atoms with Crippen molar-refractivity contribution >= 4 is 17.6 Å². The molecule has 1 unspecified atom stereocenters. The van der Waals surface area contributed by atoms with Crippen LogP contribution in [-0.2, 0) is 4.79 Å². The van der Waals surface area contributed by atoms with Gasteiger partial charge in [0.2, 0.25) is 0 Å². The number of carboxylic acid groups (broad SMARTS) is 1. The minimum atomic E-state index is -0.709. The Bertz CT molecular complexity index is 727. The molecular weight excluding hydrogens is 341 g/mol. The third-order valence-corrected chi connectivity index (χ3v) is 5.24. The summed E-state index contributed by atoms with van der Waals surface area (Å²) in [6.07, 6.45) is 2.95. The van der Waals surface area contributed by atoms with Crippen molar-refractivity contribution in [2.45, 2.75) is 37.8 Å². The lowest BCUT2D eigenvalue weighted by Crippen LogP contribution is -2.37. The van der Waals surface area contributed by atoms with E-state index in [1.807, 2.05) is 24.3 Å². The van der Waals surface area contributed by atoms with E-state index in [1.165, 1.54) is 12.1 Å². The third-order valence-electron chi connectivity index (χ3n) is 4.90. The molecule has 0 aliphatic heterocycles. The maximum atomic E-state index is 13.3. The van der Waals surface area contributed by atoms with Gasteiger partial charge in [0, 0.05) is 11.1 Å². The minimum absolute atomic E-state index is 0.152. The molecule has 132 valence electrons. The van der Waals surface area contributed by atoms with Crippen molar-refractivity contribution in [1.29, 1.82) is 0 Å². The molecule has 1 aliphatic carbocycles. The molecule has 1 atom stereocenters. The molecule has 25 heavy (non-hydrogen) atoms. The van der Waals surface area contributed by atoms with Crippen molar-refractivity contribution in [3.05, 3.63) is 70.5 Å². The summed E-state index contributed by atoms with van der Waals surface area (Å²) in [6, 6.07) is 14.1. The fraction of sp³-hybridized carbons (Fsp3) is 0.350. The zero-order valence-electron chi connectivity index (χ0n) is 13.8. The van der Waals surface area contributed by atoms with E-state index in [0.717, 1.165) is 24.0 Å². The molecule has 0 heterocycles. The first-order valence-corrected chi connectivity index (χ1v) is 8.91. The van der Waals surface area contributed by atoms with Crippen LogP contribution in [0, 0.1) is 11.7 Å². The highest BCUT2D eigenvalue weighted by Gasteiger charge is 2.28. The van der Waals surface area contributed by atoms with Gasteiger partial charge in [0.25, 0.3) is 0 Å². The minimum Gasteiger partial charge on any atom is -0.481 e. The van der Waals surface area contributed by atoms with Gasteiger partial charge < -0.3 is 10.4 Å². The molecule has 2 N–H and O–H groups in total. The second-order valence-corrected chi connectivity index (χ2v) is 6.97. The van der Waals surface area contributed by atoms with Crippen LogP contribution in [0.5, 0.6) is 0 Å². The highest BCUT2D eigenvalue weighted by molar-refractivity contribution is 6.31. The number of carboxylic acids is 1. The van der Waals surface area contributed by atoms with Crippen molar-refractivity contribution in [2.75, 3.05) is 0 Å². The summed E-state index contributed by atoms with van der Waals surface area (Å²) >= 11 is 6.39. The Labute approximate surface area is 151 Å². The van der Waals surface area contributed by atoms with Crippen LogP contribution >= 0.6 is 11.6 Å². The van der Waals surface area contributed by atoms with E-state index in [0.29, 0.717) is 17.9 Å². The Morgan fingerprint density at radius 2 is 1.72 bits per heavy atom. The van der Waals surface area contributed by atoms with Crippen LogP contribution in [0.3, 0.4) is 0 Å². The number of halogens is 2. The molecule has 0 saturated heterocycles. The molecule has 2 aromatic rings. The van der Waals surface area contributed by atoms with Crippen molar-refractivity contribution in [3.8, 4) is 0 Å².